The van der Waals surface area contributed by atoms with Crippen LogP contribution in [0.1, 0.15) is 11.1 Å². The van der Waals surface area contributed by atoms with E-state index in [9.17, 15) is 8.42 Å². The van der Waals surface area contributed by atoms with Crippen LogP contribution in [0.15, 0.2) is 41.3 Å². The van der Waals surface area contributed by atoms with Crippen LogP contribution in [0.3, 0.4) is 0 Å². The van der Waals surface area contributed by atoms with E-state index in [0.29, 0.717) is 36.2 Å². The van der Waals surface area contributed by atoms with Crippen molar-refractivity contribution in [3.8, 4) is 17.5 Å². The normalized spacial score (nSPS) is 14.9. The Morgan fingerprint density at radius 3 is 2.69 bits per heavy atom. The summed E-state index contributed by atoms with van der Waals surface area (Å²) in [6.45, 7) is 4.22. The number of anilines is 3. The molecule has 0 saturated heterocycles. The SMILES string of the molecule is Cc1c(Cl)cccc1S(=O)(=O)Nc1nc2c(nc1OCc1ccc3c(c1)N(C)CCO3)OCCN2C. The molecule has 2 aliphatic rings. The zero-order valence-corrected chi connectivity index (χ0v) is 21.7. The van der Waals surface area contributed by atoms with Gasteiger partial charge < -0.3 is 24.0 Å². The first kappa shape index (κ1) is 24.3. The average molecular weight is 532 g/mol. The lowest BCUT2D eigenvalue weighted by Crippen LogP contribution is -2.31. The van der Waals surface area contributed by atoms with Gasteiger partial charge in [0.1, 0.15) is 25.6 Å². The maximum atomic E-state index is 13.3. The minimum absolute atomic E-state index is 0.00892. The van der Waals surface area contributed by atoms with Crippen molar-refractivity contribution in [1.82, 2.24) is 9.97 Å². The number of rotatable bonds is 6. The number of likely N-dealkylation sites (N-methyl/N-ethyl adjacent to an activating group) is 2. The molecule has 0 radical (unpaired) electrons. The van der Waals surface area contributed by atoms with Crippen LogP contribution in [0.2, 0.25) is 5.02 Å². The van der Waals surface area contributed by atoms with Gasteiger partial charge >= 0.3 is 0 Å². The van der Waals surface area contributed by atoms with Gasteiger partial charge in [0.15, 0.2) is 5.82 Å². The zero-order chi connectivity index (χ0) is 25.4. The number of halogens is 1. The minimum atomic E-state index is -4.03. The molecule has 1 aromatic heterocycles. The quantitative estimate of drug-likeness (QED) is 0.511. The molecule has 5 rings (SSSR count). The predicted molar refractivity (Wildman–Crippen MR) is 137 cm³/mol. The second kappa shape index (κ2) is 9.55. The number of sulfonamides is 1. The highest BCUT2D eigenvalue weighted by molar-refractivity contribution is 7.92. The summed E-state index contributed by atoms with van der Waals surface area (Å²) >= 11 is 6.17. The molecule has 0 unspecified atom stereocenters. The lowest BCUT2D eigenvalue weighted by molar-refractivity contribution is 0.267. The molecule has 3 heterocycles. The molecule has 0 spiro atoms. The van der Waals surface area contributed by atoms with Crippen LogP contribution >= 0.6 is 11.6 Å². The molecule has 2 aromatic carbocycles. The molecule has 12 heteroatoms. The number of ether oxygens (including phenoxy) is 3. The van der Waals surface area contributed by atoms with E-state index in [1.54, 1.807) is 19.1 Å². The number of benzene rings is 2. The Morgan fingerprint density at radius 2 is 1.86 bits per heavy atom. The predicted octanol–water partition coefficient (Wildman–Crippen LogP) is 3.48. The van der Waals surface area contributed by atoms with Gasteiger partial charge in [0.2, 0.25) is 5.82 Å². The van der Waals surface area contributed by atoms with Gasteiger partial charge in [-0.2, -0.15) is 4.98 Å². The van der Waals surface area contributed by atoms with E-state index in [2.05, 4.69) is 19.6 Å². The Hall–Kier alpha value is -3.44. The second-order valence-corrected chi connectivity index (χ2v) is 10.7. The van der Waals surface area contributed by atoms with Crippen molar-refractivity contribution in [3.63, 3.8) is 0 Å². The summed E-state index contributed by atoms with van der Waals surface area (Å²) in [5, 5.41) is 0.348. The van der Waals surface area contributed by atoms with Gasteiger partial charge in [-0.25, -0.2) is 13.4 Å². The van der Waals surface area contributed by atoms with Crippen molar-refractivity contribution in [3.05, 3.63) is 52.5 Å². The van der Waals surface area contributed by atoms with E-state index in [0.717, 1.165) is 23.5 Å². The maximum Gasteiger partial charge on any atom is 0.263 e. The summed E-state index contributed by atoms with van der Waals surface area (Å²) in [5.41, 5.74) is 2.25. The molecule has 36 heavy (non-hydrogen) atoms. The molecule has 0 saturated carbocycles. The summed E-state index contributed by atoms with van der Waals surface area (Å²) in [6, 6.07) is 10.5. The van der Waals surface area contributed by atoms with Crippen molar-refractivity contribution in [2.75, 3.05) is 54.9 Å². The molecule has 0 aliphatic carbocycles. The largest absolute Gasteiger partial charge is 0.490 e. The fourth-order valence-electron chi connectivity index (χ4n) is 3.99. The Morgan fingerprint density at radius 1 is 1.08 bits per heavy atom. The van der Waals surface area contributed by atoms with Crippen molar-refractivity contribution < 1.29 is 22.6 Å². The molecule has 0 bridgehead atoms. The number of nitrogens with zero attached hydrogens (tertiary/aromatic N) is 4. The van der Waals surface area contributed by atoms with E-state index in [4.69, 9.17) is 25.8 Å². The monoisotopic (exact) mass is 531 g/mol. The summed E-state index contributed by atoms with van der Waals surface area (Å²) in [5.74, 6) is 1.47. The van der Waals surface area contributed by atoms with E-state index in [1.807, 2.05) is 37.2 Å². The standard InChI is InChI=1S/C24H26ClN5O5S/c1-15-17(25)5-4-6-20(15)36(31,32)28-21-23(27-24-22(26-21)30(3)10-12-34-24)35-14-16-7-8-19-18(13-16)29(2)9-11-33-19/h4-8,13H,9-12,14H2,1-3H3,(H,26,28). The van der Waals surface area contributed by atoms with Crippen LogP contribution < -0.4 is 28.7 Å². The van der Waals surface area contributed by atoms with Crippen molar-refractivity contribution in [2.24, 2.45) is 0 Å². The number of nitrogens with one attached hydrogen (secondary N) is 1. The smallest absolute Gasteiger partial charge is 0.263 e. The molecular weight excluding hydrogens is 506 g/mol. The molecular formula is C24H26ClN5O5S. The second-order valence-electron chi connectivity index (χ2n) is 8.61. The highest BCUT2D eigenvalue weighted by Gasteiger charge is 2.27. The number of fused-ring (bicyclic) bond motifs is 2. The lowest BCUT2D eigenvalue weighted by Gasteiger charge is -2.28. The molecule has 2 aliphatic heterocycles. The molecule has 0 fully saturated rings. The summed E-state index contributed by atoms with van der Waals surface area (Å²) in [4.78, 5) is 13.0. The lowest BCUT2D eigenvalue weighted by atomic mass is 10.1. The van der Waals surface area contributed by atoms with Crippen molar-refractivity contribution in [2.45, 2.75) is 18.4 Å². The number of hydrogen-bond acceptors (Lipinski definition) is 9. The van der Waals surface area contributed by atoms with E-state index >= 15 is 0 Å². The van der Waals surface area contributed by atoms with Crippen LogP contribution in [0.4, 0.5) is 17.3 Å². The third kappa shape index (κ3) is 4.68. The Bertz CT molecular complexity index is 1420. The first-order chi connectivity index (χ1) is 17.2. The maximum absolute atomic E-state index is 13.3. The average Bonchev–Trinajstić information content (AvgIpc) is 2.85. The van der Waals surface area contributed by atoms with Crippen LogP contribution in [-0.4, -0.2) is 58.8 Å². The van der Waals surface area contributed by atoms with Crippen LogP contribution in [0.5, 0.6) is 17.5 Å². The van der Waals surface area contributed by atoms with Crippen molar-refractivity contribution in [1.29, 1.82) is 0 Å². The fourth-order valence-corrected chi connectivity index (χ4v) is 5.49. The van der Waals surface area contributed by atoms with Crippen LogP contribution in [0.25, 0.3) is 0 Å². The first-order valence-corrected chi connectivity index (χ1v) is 13.2. The highest BCUT2D eigenvalue weighted by atomic mass is 35.5. The first-order valence-electron chi connectivity index (χ1n) is 11.4. The van der Waals surface area contributed by atoms with Gasteiger partial charge in [0.25, 0.3) is 21.8 Å². The Kier molecular flexibility index (Phi) is 6.44. The van der Waals surface area contributed by atoms with Gasteiger partial charge in [0, 0.05) is 19.1 Å². The van der Waals surface area contributed by atoms with Crippen molar-refractivity contribution >= 4 is 38.9 Å². The molecule has 1 N–H and O–H groups in total. The topological polar surface area (TPSA) is 106 Å². The zero-order valence-electron chi connectivity index (χ0n) is 20.1. The van der Waals surface area contributed by atoms with E-state index < -0.39 is 10.0 Å². The summed E-state index contributed by atoms with van der Waals surface area (Å²) < 4.78 is 46.5. The third-order valence-electron chi connectivity index (χ3n) is 6.07. The van der Waals surface area contributed by atoms with Gasteiger partial charge in [-0.3, -0.25) is 4.72 Å². The summed E-state index contributed by atoms with van der Waals surface area (Å²) in [6.07, 6.45) is 0. The summed E-state index contributed by atoms with van der Waals surface area (Å²) in [7, 11) is -0.200. The van der Waals surface area contributed by atoms with Gasteiger partial charge in [-0.1, -0.05) is 23.7 Å². The Balaban J connectivity index is 1.48. The molecule has 190 valence electrons. The van der Waals surface area contributed by atoms with Gasteiger partial charge in [0.05, 0.1) is 23.7 Å². The van der Waals surface area contributed by atoms with Crippen LogP contribution in [-0.2, 0) is 16.6 Å². The van der Waals surface area contributed by atoms with Gasteiger partial charge in [-0.15, -0.1) is 0 Å². The molecule has 10 nitrogen and oxygen atoms in total. The number of aromatic nitrogens is 2. The van der Waals surface area contributed by atoms with E-state index in [1.165, 1.54) is 6.07 Å². The van der Waals surface area contributed by atoms with Gasteiger partial charge in [-0.05, 0) is 42.3 Å². The highest BCUT2D eigenvalue weighted by Crippen LogP contribution is 2.36. The molecule has 3 aromatic rings. The Labute approximate surface area is 214 Å². The van der Waals surface area contributed by atoms with E-state index in [-0.39, 0.29) is 29.1 Å². The molecule has 0 atom stereocenters. The number of hydrogen-bond donors (Lipinski definition) is 1. The van der Waals surface area contributed by atoms with Crippen LogP contribution in [0, 0.1) is 6.92 Å². The minimum Gasteiger partial charge on any atom is -0.490 e. The fraction of sp³-hybridized carbons (Fsp3) is 0.333. The third-order valence-corrected chi connectivity index (χ3v) is 7.97. The molecule has 0 amide bonds.